The van der Waals surface area contributed by atoms with Gasteiger partial charge in [-0.3, -0.25) is 4.98 Å². The van der Waals surface area contributed by atoms with Crippen LogP contribution in [0.5, 0.6) is 0 Å². The van der Waals surface area contributed by atoms with Gasteiger partial charge in [0, 0.05) is 17.8 Å². The molecule has 2 N–H and O–H groups in total. The van der Waals surface area contributed by atoms with Gasteiger partial charge in [0.05, 0.1) is 11.1 Å². The van der Waals surface area contributed by atoms with Crippen molar-refractivity contribution in [1.82, 2.24) is 4.98 Å². The minimum atomic E-state index is -0.387. The van der Waals surface area contributed by atoms with Crippen LogP contribution in [-0.2, 0) is 0 Å². The Labute approximate surface area is 116 Å². The van der Waals surface area contributed by atoms with Crippen LogP contribution in [0.4, 0.5) is 0 Å². The topological polar surface area (TPSA) is 52.0 Å². The summed E-state index contributed by atoms with van der Waals surface area (Å²) in [5.74, 6) is 0.706. The second-order valence-electron chi connectivity index (χ2n) is 4.52. The highest BCUT2D eigenvalue weighted by Gasteiger charge is 2.17. The van der Waals surface area contributed by atoms with E-state index in [1.54, 1.807) is 12.4 Å². The van der Waals surface area contributed by atoms with Crippen molar-refractivity contribution in [3.8, 4) is 0 Å². The van der Waals surface area contributed by atoms with Crippen LogP contribution in [-0.4, -0.2) is 4.98 Å². The van der Waals surface area contributed by atoms with E-state index >= 15 is 0 Å². The molecule has 0 aliphatic carbocycles. The lowest BCUT2D eigenvalue weighted by Crippen LogP contribution is -2.11. The van der Waals surface area contributed by atoms with Crippen molar-refractivity contribution in [2.45, 2.75) is 13.0 Å². The maximum Gasteiger partial charge on any atom is 0.137 e. The van der Waals surface area contributed by atoms with Gasteiger partial charge in [-0.25, -0.2) is 0 Å². The van der Waals surface area contributed by atoms with Gasteiger partial charge < -0.3 is 10.2 Å². The van der Waals surface area contributed by atoms with Gasteiger partial charge in [0.1, 0.15) is 11.3 Å². The number of rotatable bonds is 2. The fraction of sp³-hybridized carbons (Fsp3) is 0.133. The average molecular weight is 273 g/mol. The molecule has 0 aliphatic heterocycles. The second kappa shape index (κ2) is 4.68. The number of aromatic nitrogens is 1. The lowest BCUT2D eigenvalue weighted by atomic mass is 10.1. The van der Waals surface area contributed by atoms with Crippen molar-refractivity contribution in [2.75, 3.05) is 0 Å². The van der Waals surface area contributed by atoms with Crippen LogP contribution in [0, 0.1) is 6.92 Å². The summed E-state index contributed by atoms with van der Waals surface area (Å²) in [6, 6.07) is 9.41. The molecular weight excluding hydrogens is 260 g/mol. The van der Waals surface area contributed by atoms with E-state index in [1.807, 2.05) is 37.3 Å². The first-order chi connectivity index (χ1) is 9.16. The summed E-state index contributed by atoms with van der Waals surface area (Å²) in [6.45, 7) is 2.01. The normalized spacial score (nSPS) is 12.8. The Kier molecular flexibility index (Phi) is 3.01. The highest BCUT2D eigenvalue weighted by Crippen LogP contribution is 2.30. The number of fused-ring (bicyclic) bond motifs is 1. The first kappa shape index (κ1) is 12.2. The molecule has 96 valence electrons. The maximum atomic E-state index is 6.23. The molecule has 0 spiro atoms. The fourth-order valence-electron chi connectivity index (χ4n) is 2.17. The van der Waals surface area contributed by atoms with Crippen LogP contribution >= 0.6 is 11.6 Å². The quantitative estimate of drug-likeness (QED) is 0.771. The van der Waals surface area contributed by atoms with Crippen LogP contribution in [0.1, 0.15) is 22.9 Å². The van der Waals surface area contributed by atoms with Gasteiger partial charge in [0.25, 0.3) is 0 Å². The summed E-state index contributed by atoms with van der Waals surface area (Å²) in [5.41, 5.74) is 9.01. The Morgan fingerprint density at radius 2 is 2.16 bits per heavy atom. The molecule has 0 amide bonds. The number of hydrogen-bond acceptors (Lipinski definition) is 3. The number of nitrogens with two attached hydrogens (primary N) is 1. The fourth-order valence-corrected chi connectivity index (χ4v) is 2.41. The smallest absolute Gasteiger partial charge is 0.137 e. The van der Waals surface area contributed by atoms with E-state index in [0.29, 0.717) is 10.8 Å². The highest BCUT2D eigenvalue weighted by molar-refractivity contribution is 6.31. The van der Waals surface area contributed by atoms with Crippen molar-refractivity contribution in [3.05, 3.63) is 64.6 Å². The number of pyridine rings is 1. The molecule has 3 aromatic rings. The third-order valence-corrected chi connectivity index (χ3v) is 3.52. The van der Waals surface area contributed by atoms with Gasteiger partial charge in [-0.15, -0.1) is 0 Å². The number of benzene rings is 1. The Bertz CT molecular complexity index is 736. The Hall–Kier alpha value is -1.84. The lowest BCUT2D eigenvalue weighted by Gasteiger charge is -2.10. The predicted molar refractivity (Wildman–Crippen MR) is 76.2 cm³/mol. The summed E-state index contributed by atoms with van der Waals surface area (Å²) in [5, 5.41) is 1.60. The molecule has 2 aromatic heterocycles. The molecule has 1 aromatic carbocycles. The Morgan fingerprint density at radius 3 is 2.89 bits per heavy atom. The number of nitrogens with zero attached hydrogens (tertiary/aromatic N) is 1. The molecule has 1 unspecified atom stereocenters. The van der Waals surface area contributed by atoms with Gasteiger partial charge in [-0.1, -0.05) is 29.8 Å². The first-order valence-corrected chi connectivity index (χ1v) is 6.38. The van der Waals surface area contributed by atoms with Crippen LogP contribution in [0.3, 0.4) is 0 Å². The van der Waals surface area contributed by atoms with Crippen LogP contribution in [0.15, 0.2) is 47.1 Å². The molecule has 0 fully saturated rings. The minimum Gasteiger partial charge on any atom is -0.459 e. The maximum absolute atomic E-state index is 6.23. The molecule has 0 aliphatic rings. The van der Waals surface area contributed by atoms with Crippen molar-refractivity contribution in [3.63, 3.8) is 0 Å². The molecule has 2 heterocycles. The number of para-hydroxylation sites is 1. The zero-order valence-corrected chi connectivity index (χ0v) is 11.2. The van der Waals surface area contributed by atoms with E-state index in [4.69, 9.17) is 21.8 Å². The third kappa shape index (κ3) is 2.11. The molecular formula is C15H13ClN2O. The van der Waals surface area contributed by atoms with Crippen LogP contribution in [0.25, 0.3) is 11.0 Å². The Morgan fingerprint density at radius 1 is 1.32 bits per heavy atom. The standard InChI is InChI=1S/C15H13ClN2O/c1-9-3-2-4-10-7-13(19-15(9)10)14(17)11-5-6-18-8-12(11)16/h2-8,14H,17H2,1H3. The van der Waals surface area contributed by atoms with E-state index in [2.05, 4.69) is 4.98 Å². The SMILES string of the molecule is Cc1cccc2cc(C(N)c3ccncc3Cl)oc12. The summed E-state index contributed by atoms with van der Waals surface area (Å²) < 4.78 is 5.87. The molecule has 0 saturated carbocycles. The van der Waals surface area contributed by atoms with Crippen molar-refractivity contribution >= 4 is 22.6 Å². The van der Waals surface area contributed by atoms with Gasteiger partial charge in [-0.05, 0) is 30.2 Å². The van der Waals surface area contributed by atoms with Crippen molar-refractivity contribution < 1.29 is 4.42 Å². The number of hydrogen-bond donors (Lipinski definition) is 1. The third-order valence-electron chi connectivity index (χ3n) is 3.21. The lowest BCUT2D eigenvalue weighted by molar-refractivity contribution is 0.523. The van der Waals surface area contributed by atoms with Gasteiger partial charge in [-0.2, -0.15) is 0 Å². The zero-order valence-electron chi connectivity index (χ0n) is 10.4. The number of halogens is 1. The molecule has 3 nitrogen and oxygen atoms in total. The largest absolute Gasteiger partial charge is 0.459 e. The summed E-state index contributed by atoms with van der Waals surface area (Å²) in [7, 11) is 0. The van der Waals surface area contributed by atoms with Gasteiger partial charge >= 0.3 is 0 Å². The molecule has 0 bridgehead atoms. The predicted octanol–water partition coefficient (Wildman–Crippen LogP) is 3.84. The van der Waals surface area contributed by atoms with E-state index in [0.717, 1.165) is 22.1 Å². The summed E-state index contributed by atoms with van der Waals surface area (Å²) in [6.07, 6.45) is 3.26. The molecule has 3 rings (SSSR count). The monoisotopic (exact) mass is 272 g/mol. The summed E-state index contributed by atoms with van der Waals surface area (Å²) in [4.78, 5) is 3.96. The van der Waals surface area contributed by atoms with Crippen molar-refractivity contribution in [1.29, 1.82) is 0 Å². The zero-order chi connectivity index (χ0) is 13.4. The van der Waals surface area contributed by atoms with Crippen molar-refractivity contribution in [2.24, 2.45) is 5.73 Å². The molecule has 0 radical (unpaired) electrons. The Balaban J connectivity index is 2.10. The number of furan rings is 1. The molecule has 19 heavy (non-hydrogen) atoms. The number of aryl methyl sites for hydroxylation is 1. The van der Waals surface area contributed by atoms with Crippen LogP contribution < -0.4 is 5.73 Å². The minimum absolute atomic E-state index is 0.387. The van der Waals surface area contributed by atoms with Gasteiger partial charge in [0.2, 0.25) is 0 Å². The molecule has 0 saturated heterocycles. The second-order valence-corrected chi connectivity index (χ2v) is 4.92. The first-order valence-electron chi connectivity index (χ1n) is 6.01. The van der Waals surface area contributed by atoms with E-state index < -0.39 is 0 Å². The van der Waals surface area contributed by atoms with E-state index in [9.17, 15) is 0 Å². The highest BCUT2D eigenvalue weighted by atomic mass is 35.5. The summed E-state index contributed by atoms with van der Waals surface area (Å²) >= 11 is 6.11. The molecule has 4 heteroatoms. The van der Waals surface area contributed by atoms with Crippen LogP contribution in [0.2, 0.25) is 5.02 Å². The van der Waals surface area contributed by atoms with Gasteiger partial charge in [0.15, 0.2) is 0 Å². The van der Waals surface area contributed by atoms with E-state index in [1.165, 1.54) is 0 Å². The average Bonchev–Trinajstić information content (AvgIpc) is 2.84. The van der Waals surface area contributed by atoms with E-state index in [-0.39, 0.29) is 6.04 Å². The molecule has 1 atom stereocenters.